The van der Waals surface area contributed by atoms with E-state index in [1.807, 2.05) is 18.8 Å². The smallest absolute Gasteiger partial charge is 0.225 e. The van der Waals surface area contributed by atoms with Gasteiger partial charge < -0.3 is 15.5 Å². The number of likely N-dealkylation sites (tertiary alicyclic amines) is 1. The van der Waals surface area contributed by atoms with Crippen LogP contribution in [0.3, 0.4) is 0 Å². The second-order valence-corrected chi connectivity index (χ2v) is 9.82. The Hall–Kier alpha value is -1.69. The SMILES string of the molecule is CCC(CC)C(=O)N1CCC(NC(=NC)NCC2(Sc3ccccc3)CC2)CC1. The van der Waals surface area contributed by atoms with Crippen LogP contribution in [0.4, 0.5) is 0 Å². The van der Waals surface area contributed by atoms with Gasteiger partial charge in [-0.2, -0.15) is 0 Å². The second kappa shape index (κ2) is 10.4. The standard InChI is InChI=1S/C23H36N4OS/c1-4-18(5-2)21(28)27-15-11-19(12-16-27)26-22(24-3)25-17-23(13-14-23)29-20-9-7-6-8-10-20/h6-10,18-19H,4-5,11-17H2,1-3H3,(H2,24,25,26). The minimum atomic E-state index is 0.186. The first-order valence-electron chi connectivity index (χ1n) is 11.1. The maximum Gasteiger partial charge on any atom is 0.225 e. The molecule has 1 saturated carbocycles. The van der Waals surface area contributed by atoms with Crippen LogP contribution >= 0.6 is 11.8 Å². The molecule has 1 aromatic rings. The third-order valence-corrected chi connectivity index (χ3v) is 7.66. The monoisotopic (exact) mass is 416 g/mol. The van der Waals surface area contributed by atoms with Crippen molar-refractivity contribution in [1.82, 2.24) is 15.5 Å². The predicted octanol–water partition coefficient (Wildman–Crippen LogP) is 3.90. The van der Waals surface area contributed by atoms with Gasteiger partial charge in [-0.1, -0.05) is 32.0 Å². The number of thioether (sulfide) groups is 1. The Morgan fingerprint density at radius 2 is 1.86 bits per heavy atom. The number of piperidine rings is 1. The minimum Gasteiger partial charge on any atom is -0.355 e. The normalized spacial score (nSPS) is 19.3. The highest BCUT2D eigenvalue weighted by molar-refractivity contribution is 8.01. The summed E-state index contributed by atoms with van der Waals surface area (Å²) in [5.74, 6) is 1.41. The number of aliphatic imine (C=N–C) groups is 1. The van der Waals surface area contributed by atoms with E-state index in [0.29, 0.717) is 16.7 Å². The molecule has 0 spiro atoms. The third kappa shape index (κ3) is 6.14. The number of carbonyl (C=O) groups is 1. The van der Waals surface area contributed by atoms with E-state index in [0.717, 1.165) is 51.3 Å². The number of rotatable bonds is 8. The van der Waals surface area contributed by atoms with Gasteiger partial charge in [0.2, 0.25) is 5.91 Å². The van der Waals surface area contributed by atoms with Gasteiger partial charge in [-0.3, -0.25) is 9.79 Å². The number of carbonyl (C=O) groups excluding carboxylic acids is 1. The lowest BCUT2D eigenvalue weighted by molar-refractivity contribution is -0.136. The van der Waals surface area contributed by atoms with Crippen LogP contribution in [0.25, 0.3) is 0 Å². The molecule has 6 heteroatoms. The zero-order chi connectivity index (χ0) is 20.7. The molecule has 0 bridgehead atoms. The number of guanidine groups is 1. The molecule has 5 nitrogen and oxygen atoms in total. The van der Waals surface area contributed by atoms with Crippen molar-refractivity contribution in [1.29, 1.82) is 0 Å². The van der Waals surface area contributed by atoms with E-state index in [1.165, 1.54) is 17.7 Å². The van der Waals surface area contributed by atoms with Crippen LogP contribution in [0.1, 0.15) is 52.4 Å². The van der Waals surface area contributed by atoms with E-state index < -0.39 is 0 Å². The molecule has 29 heavy (non-hydrogen) atoms. The van der Waals surface area contributed by atoms with Gasteiger partial charge in [-0.05, 0) is 50.7 Å². The molecule has 2 N–H and O–H groups in total. The molecule has 0 aromatic heterocycles. The van der Waals surface area contributed by atoms with E-state index in [4.69, 9.17) is 0 Å². The summed E-state index contributed by atoms with van der Waals surface area (Å²) in [7, 11) is 1.84. The fraction of sp³-hybridized carbons (Fsp3) is 0.652. The molecule has 0 radical (unpaired) electrons. The maximum atomic E-state index is 12.6. The molecule has 1 aromatic carbocycles. The Kier molecular flexibility index (Phi) is 7.87. The summed E-state index contributed by atoms with van der Waals surface area (Å²) in [5, 5.41) is 7.13. The van der Waals surface area contributed by atoms with Crippen molar-refractivity contribution in [2.45, 2.75) is 68.1 Å². The van der Waals surface area contributed by atoms with Crippen molar-refractivity contribution in [3.05, 3.63) is 30.3 Å². The molecule has 1 heterocycles. The van der Waals surface area contributed by atoms with Gasteiger partial charge in [-0.25, -0.2) is 0 Å². The number of amides is 1. The van der Waals surface area contributed by atoms with Crippen LogP contribution in [0.2, 0.25) is 0 Å². The first kappa shape index (κ1) is 22.0. The summed E-state index contributed by atoms with van der Waals surface area (Å²) >= 11 is 1.98. The van der Waals surface area contributed by atoms with Crippen molar-refractivity contribution in [3.63, 3.8) is 0 Å². The topological polar surface area (TPSA) is 56.7 Å². The Balaban J connectivity index is 1.43. The molecule has 2 fully saturated rings. The summed E-state index contributed by atoms with van der Waals surface area (Å²) in [4.78, 5) is 20.4. The van der Waals surface area contributed by atoms with Crippen LogP contribution in [-0.2, 0) is 4.79 Å². The molecule has 1 saturated heterocycles. The van der Waals surface area contributed by atoms with Crippen molar-refractivity contribution in [2.75, 3.05) is 26.7 Å². The Bertz CT molecular complexity index is 677. The van der Waals surface area contributed by atoms with Crippen LogP contribution in [0.15, 0.2) is 40.2 Å². The van der Waals surface area contributed by atoms with Crippen LogP contribution in [-0.4, -0.2) is 54.2 Å². The number of hydrogen-bond acceptors (Lipinski definition) is 3. The summed E-state index contributed by atoms with van der Waals surface area (Å²) in [6.07, 6.45) is 6.33. The zero-order valence-electron chi connectivity index (χ0n) is 18.1. The number of hydrogen-bond donors (Lipinski definition) is 2. The van der Waals surface area contributed by atoms with E-state index in [1.54, 1.807) is 0 Å². The average Bonchev–Trinajstić information content (AvgIpc) is 3.52. The quantitative estimate of drug-likeness (QED) is 0.498. The van der Waals surface area contributed by atoms with Gasteiger partial charge in [0.1, 0.15) is 0 Å². The first-order chi connectivity index (χ1) is 14.1. The van der Waals surface area contributed by atoms with Crippen molar-refractivity contribution >= 4 is 23.6 Å². The molecule has 1 aliphatic heterocycles. The molecule has 3 rings (SSSR count). The molecule has 1 aliphatic carbocycles. The van der Waals surface area contributed by atoms with Crippen molar-refractivity contribution < 1.29 is 4.79 Å². The summed E-state index contributed by atoms with van der Waals surface area (Å²) in [6.45, 7) is 6.84. The summed E-state index contributed by atoms with van der Waals surface area (Å²) in [6, 6.07) is 11.0. The molecular formula is C23H36N4OS. The lowest BCUT2D eigenvalue weighted by Crippen LogP contribution is -2.51. The van der Waals surface area contributed by atoms with Gasteiger partial charge in [-0.15, -0.1) is 11.8 Å². The molecule has 2 aliphatic rings. The van der Waals surface area contributed by atoms with Gasteiger partial charge in [0.15, 0.2) is 5.96 Å². The van der Waals surface area contributed by atoms with Gasteiger partial charge in [0.25, 0.3) is 0 Å². The lowest BCUT2D eigenvalue weighted by atomic mass is 9.98. The maximum absolute atomic E-state index is 12.6. The fourth-order valence-corrected chi connectivity index (χ4v) is 5.21. The molecule has 0 atom stereocenters. The Labute approximate surface area is 180 Å². The number of nitrogens with one attached hydrogen (secondary N) is 2. The second-order valence-electron chi connectivity index (χ2n) is 8.28. The molecule has 160 valence electrons. The highest BCUT2D eigenvalue weighted by atomic mass is 32.2. The molecule has 0 unspecified atom stereocenters. The Morgan fingerprint density at radius 1 is 1.21 bits per heavy atom. The third-order valence-electron chi connectivity index (χ3n) is 6.17. The zero-order valence-corrected chi connectivity index (χ0v) is 18.9. The largest absolute Gasteiger partial charge is 0.355 e. The van der Waals surface area contributed by atoms with E-state index >= 15 is 0 Å². The Morgan fingerprint density at radius 3 is 2.41 bits per heavy atom. The van der Waals surface area contributed by atoms with Crippen LogP contribution < -0.4 is 10.6 Å². The lowest BCUT2D eigenvalue weighted by Gasteiger charge is -2.35. The highest BCUT2D eigenvalue weighted by Crippen LogP contribution is 2.51. The number of nitrogens with zero attached hydrogens (tertiary/aromatic N) is 2. The van der Waals surface area contributed by atoms with E-state index in [9.17, 15) is 4.79 Å². The van der Waals surface area contributed by atoms with Gasteiger partial charge >= 0.3 is 0 Å². The van der Waals surface area contributed by atoms with Crippen molar-refractivity contribution in [2.24, 2.45) is 10.9 Å². The van der Waals surface area contributed by atoms with Gasteiger partial charge in [0, 0.05) is 48.3 Å². The number of benzene rings is 1. The summed E-state index contributed by atoms with van der Waals surface area (Å²) in [5.41, 5.74) is 0. The van der Waals surface area contributed by atoms with E-state index in [2.05, 4.69) is 64.7 Å². The minimum absolute atomic E-state index is 0.186. The highest BCUT2D eigenvalue weighted by Gasteiger charge is 2.43. The van der Waals surface area contributed by atoms with Crippen LogP contribution in [0, 0.1) is 5.92 Å². The van der Waals surface area contributed by atoms with Crippen LogP contribution in [0.5, 0.6) is 0 Å². The average molecular weight is 417 g/mol. The summed E-state index contributed by atoms with van der Waals surface area (Å²) < 4.78 is 0.296. The fourth-order valence-electron chi connectivity index (χ4n) is 3.97. The van der Waals surface area contributed by atoms with Crippen molar-refractivity contribution in [3.8, 4) is 0 Å². The van der Waals surface area contributed by atoms with E-state index in [-0.39, 0.29) is 5.92 Å². The first-order valence-corrected chi connectivity index (χ1v) is 11.9. The molecular weight excluding hydrogens is 380 g/mol. The van der Waals surface area contributed by atoms with Gasteiger partial charge in [0.05, 0.1) is 0 Å². The molecule has 1 amide bonds. The predicted molar refractivity (Wildman–Crippen MR) is 122 cm³/mol.